The third-order valence-corrected chi connectivity index (χ3v) is 3.17. The van der Waals surface area contributed by atoms with Crippen molar-refractivity contribution in [1.29, 1.82) is 0 Å². The van der Waals surface area contributed by atoms with Crippen molar-refractivity contribution < 1.29 is 14.7 Å². The number of rotatable bonds is 6. The Hall–Kier alpha value is -2.54. The maximum absolute atomic E-state index is 12.1. The SMILES string of the molecule is C#Cc1ccc(C(=O)NC(CC)(CC=C)C(=O)O)cc1. The van der Waals surface area contributed by atoms with Crippen molar-refractivity contribution in [3.05, 3.63) is 48.0 Å². The van der Waals surface area contributed by atoms with Gasteiger partial charge in [0.2, 0.25) is 0 Å². The monoisotopic (exact) mass is 271 g/mol. The summed E-state index contributed by atoms with van der Waals surface area (Å²) in [6.07, 6.45) is 7.15. The van der Waals surface area contributed by atoms with E-state index in [0.717, 1.165) is 0 Å². The summed E-state index contributed by atoms with van der Waals surface area (Å²) in [6, 6.07) is 6.41. The van der Waals surface area contributed by atoms with E-state index in [2.05, 4.69) is 17.8 Å². The molecule has 0 bridgehead atoms. The molecule has 0 aliphatic carbocycles. The number of terminal acetylenes is 1. The molecule has 104 valence electrons. The van der Waals surface area contributed by atoms with Crippen LogP contribution in [0.25, 0.3) is 0 Å². The number of carboxylic acids is 1. The summed E-state index contributed by atoms with van der Waals surface area (Å²) in [5.74, 6) is 0.932. The summed E-state index contributed by atoms with van der Waals surface area (Å²) in [6.45, 7) is 5.25. The van der Waals surface area contributed by atoms with Gasteiger partial charge in [0.25, 0.3) is 5.91 Å². The molecule has 0 aromatic heterocycles. The van der Waals surface area contributed by atoms with E-state index in [0.29, 0.717) is 11.1 Å². The lowest BCUT2D eigenvalue weighted by molar-refractivity contribution is -0.144. The molecule has 1 atom stereocenters. The van der Waals surface area contributed by atoms with E-state index in [1.165, 1.54) is 6.08 Å². The van der Waals surface area contributed by atoms with Crippen molar-refractivity contribution in [3.63, 3.8) is 0 Å². The summed E-state index contributed by atoms with van der Waals surface area (Å²) >= 11 is 0. The van der Waals surface area contributed by atoms with Gasteiger partial charge in [-0.05, 0) is 37.1 Å². The van der Waals surface area contributed by atoms with Crippen LogP contribution in [0.1, 0.15) is 35.7 Å². The standard InChI is InChI=1S/C16H17NO3/c1-4-11-16(6-3,15(19)20)17-14(18)13-9-7-12(5-2)8-10-13/h2,4,7-10H,1,6,11H2,3H3,(H,17,18)(H,19,20). The molecule has 1 unspecified atom stereocenters. The Morgan fingerprint density at radius 1 is 1.45 bits per heavy atom. The fourth-order valence-electron chi connectivity index (χ4n) is 1.83. The number of hydrogen-bond acceptors (Lipinski definition) is 2. The zero-order valence-corrected chi connectivity index (χ0v) is 11.3. The first-order chi connectivity index (χ1) is 9.49. The molecule has 4 heteroatoms. The molecule has 1 rings (SSSR count). The largest absolute Gasteiger partial charge is 0.479 e. The van der Waals surface area contributed by atoms with Crippen molar-refractivity contribution in [2.45, 2.75) is 25.3 Å². The number of carboxylic acid groups (broad SMARTS) is 1. The number of nitrogens with one attached hydrogen (secondary N) is 1. The quantitative estimate of drug-likeness (QED) is 0.616. The molecule has 0 radical (unpaired) electrons. The Morgan fingerprint density at radius 2 is 2.05 bits per heavy atom. The highest BCUT2D eigenvalue weighted by atomic mass is 16.4. The van der Waals surface area contributed by atoms with Gasteiger partial charge in [-0.3, -0.25) is 4.79 Å². The van der Waals surface area contributed by atoms with Crippen molar-refractivity contribution in [1.82, 2.24) is 5.32 Å². The second-order valence-electron chi connectivity index (χ2n) is 4.41. The summed E-state index contributed by atoms with van der Waals surface area (Å²) in [5.41, 5.74) is -0.302. The van der Waals surface area contributed by atoms with Gasteiger partial charge in [-0.1, -0.05) is 18.9 Å². The van der Waals surface area contributed by atoms with E-state index < -0.39 is 17.4 Å². The highest BCUT2D eigenvalue weighted by Gasteiger charge is 2.37. The molecule has 0 spiro atoms. The first kappa shape index (κ1) is 15.5. The Balaban J connectivity index is 2.98. The van der Waals surface area contributed by atoms with Crippen LogP contribution in [0.3, 0.4) is 0 Å². The first-order valence-electron chi connectivity index (χ1n) is 6.22. The first-order valence-corrected chi connectivity index (χ1v) is 6.22. The van der Waals surface area contributed by atoms with Crippen LogP contribution in [0.5, 0.6) is 0 Å². The van der Waals surface area contributed by atoms with E-state index in [1.807, 2.05) is 0 Å². The zero-order chi connectivity index (χ0) is 15.2. The van der Waals surface area contributed by atoms with Gasteiger partial charge in [0.15, 0.2) is 0 Å². The fourth-order valence-corrected chi connectivity index (χ4v) is 1.83. The number of carbonyl (C=O) groups is 2. The van der Waals surface area contributed by atoms with Gasteiger partial charge in [0.05, 0.1) is 0 Å². The molecule has 0 fully saturated rings. The highest BCUT2D eigenvalue weighted by molar-refractivity contribution is 5.98. The van der Waals surface area contributed by atoms with Crippen LogP contribution in [-0.2, 0) is 4.79 Å². The Labute approximate surface area is 118 Å². The summed E-state index contributed by atoms with van der Waals surface area (Å²) in [4.78, 5) is 23.6. The molecule has 4 nitrogen and oxygen atoms in total. The molecule has 0 saturated carbocycles. The van der Waals surface area contributed by atoms with Crippen LogP contribution in [-0.4, -0.2) is 22.5 Å². The van der Waals surface area contributed by atoms with Crippen LogP contribution in [0.4, 0.5) is 0 Å². The molecule has 0 heterocycles. The third kappa shape index (κ3) is 3.27. The number of amides is 1. The Morgan fingerprint density at radius 3 is 2.45 bits per heavy atom. The Bertz CT molecular complexity index is 554. The van der Waals surface area contributed by atoms with E-state index in [9.17, 15) is 14.7 Å². The minimum Gasteiger partial charge on any atom is -0.479 e. The maximum atomic E-state index is 12.1. The molecule has 0 aliphatic rings. The predicted molar refractivity (Wildman–Crippen MR) is 77.3 cm³/mol. The van der Waals surface area contributed by atoms with Gasteiger partial charge in [-0.15, -0.1) is 13.0 Å². The van der Waals surface area contributed by atoms with E-state index in [4.69, 9.17) is 6.42 Å². The minimum absolute atomic E-state index is 0.160. The molecule has 0 aliphatic heterocycles. The van der Waals surface area contributed by atoms with Gasteiger partial charge >= 0.3 is 5.97 Å². The Kier molecular flexibility index (Phi) is 5.10. The molecule has 1 aromatic carbocycles. The van der Waals surface area contributed by atoms with E-state index >= 15 is 0 Å². The molecule has 1 amide bonds. The van der Waals surface area contributed by atoms with Gasteiger partial charge in [0.1, 0.15) is 5.54 Å². The lowest BCUT2D eigenvalue weighted by Gasteiger charge is -2.28. The van der Waals surface area contributed by atoms with Gasteiger partial charge < -0.3 is 10.4 Å². The van der Waals surface area contributed by atoms with Gasteiger partial charge in [-0.25, -0.2) is 4.79 Å². The molecule has 0 saturated heterocycles. The highest BCUT2D eigenvalue weighted by Crippen LogP contribution is 2.17. The van der Waals surface area contributed by atoms with E-state index in [1.54, 1.807) is 31.2 Å². The van der Waals surface area contributed by atoms with Gasteiger partial charge in [0, 0.05) is 11.1 Å². The molecule has 20 heavy (non-hydrogen) atoms. The van der Waals surface area contributed by atoms with Crippen molar-refractivity contribution in [3.8, 4) is 12.3 Å². The lowest BCUT2D eigenvalue weighted by atomic mass is 9.91. The molecule has 1 aromatic rings. The third-order valence-electron chi connectivity index (χ3n) is 3.17. The second-order valence-corrected chi connectivity index (χ2v) is 4.41. The number of aliphatic carboxylic acids is 1. The maximum Gasteiger partial charge on any atom is 0.329 e. The van der Waals surface area contributed by atoms with Crippen LogP contribution in [0.15, 0.2) is 36.9 Å². The second kappa shape index (κ2) is 6.58. The average Bonchev–Trinajstić information content (AvgIpc) is 2.46. The topological polar surface area (TPSA) is 66.4 Å². The zero-order valence-electron chi connectivity index (χ0n) is 11.3. The lowest BCUT2D eigenvalue weighted by Crippen LogP contribution is -2.53. The van der Waals surface area contributed by atoms with Gasteiger partial charge in [-0.2, -0.15) is 0 Å². The van der Waals surface area contributed by atoms with Crippen molar-refractivity contribution in [2.24, 2.45) is 0 Å². The van der Waals surface area contributed by atoms with Crippen LogP contribution >= 0.6 is 0 Å². The van der Waals surface area contributed by atoms with Crippen LogP contribution in [0, 0.1) is 12.3 Å². The smallest absolute Gasteiger partial charge is 0.329 e. The van der Waals surface area contributed by atoms with Crippen LogP contribution < -0.4 is 5.32 Å². The predicted octanol–water partition coefficient (Wildman–Crippen LogP) is 2.21. The molecule has 2 N–H and O–H groups in total. The van der Waals surface area contributed by atoms with E-state index in [-0.39, 0.29) is 12.8 Å². The average molecular weight is 271 g/mol. The summed E-state index contributed by atoms with van der Waals surface area (Å²) in [5, 5.41) is 11.9. The molecular formula is C16H17NO3. The summed E-state index contributed by atoms with van der Waals surface area (Å²) < 4.78 is 0. The van der Waals surface area contributed by atoms with Crippen molar-refractivity contribution >= 4 is 11.9 Å². The van der Waals surface area contributed by atoms with Crippen molar-refractivity contribution in [2.75, 3.05) is 0 Å². The van der Waals surface area contributed by atoms with Crippen LogP contribution in [0.2, 0.25) is 0 Å². The minimum atomic E-state index is -1.33. The number of benzene rings is 1. The fraction of sp³-hybridized carbons (Fsp3) is 0.250. The number of hydrogen-bond donors (Lipinski definition) is 2. The molecular weight excluding hydrogens is 254 g/mol. The summed E-state index contributed by atoms with van der Waals surface area (Å²) in [7, 11) is 0. The normalized spacial score (nSPS) is 12.8. The number of carbonyl (C=O) groups excluding carboxylic acids is 1.